The minimum Gasteiger partial charge on any atom is -0.395 e. The minimum absolute atomic E-state index is 0.0303. The van der Waals surface area contributed by atoms with Crippen molar-refractivity contribution in [2.24, 2.45) is 11.5 Å². The van der Waals surface area contributed by atoms with Crippen LogP contribution in [-0.4, -0.2) is 125 Å². The topological polar surface area (TPSA) is 216 Å². The smallest absolute Gasteiger partial charge is 0.161 e. The van der Waals surface area contributed by atoms with Crippen molar-refractivity contribution in [3.8, 4) is 0 Å². The Morgan fingerprint density at radius 1 is 1.00 bits per heavy atom. The van der Waals surface area contributed by atoms with Crippen LogP contribution in [0.3, 0.4) is 0 Å². The largest absolute Gasteiger partial charge is 0.395 e. The van der Waals surface area contributed by atoms with Crippen LogP contribution >= 0.6 is 0 Å². The van der Waals surface area contributed by atoms with E-state index in [0.29, 0.717) is 19.4 Å². The molecule has 1 aliphatic heterocycles. The molecule has 12 nitrogen and oxygen atoms in total. The first kappa shape index (κ1) is 25.8. The fourth-order valence-corrected chi connectivity index (χ4v) is 3.92. The summed E-state index contributed by atoms with van der Waals surface area (Å²) in [5.74, 6) is 0. The number of rotatable bonds is 11. The lowest BCUT2D eigenvalue weighted by atomic mass is 9.86. The van der Waals surface area contributed by atoms with Crippen molar-refractivity contribution in [1.29, 1.82) is 0 Å². The van der Waals surface area contributed by atoms with Crippen LogP contribution in [0.1, 0.15) is 19.3 Å². The van der Waals surface area contributed by atoms with Crippen molar-refractivity contribution in [1.82, 2.24) is 10.6 Å². The van der Waals surface area contributed by atoms with Crippen molar-refractivity contribution in [2.45, 2.75) is 80.2 Å². The Hall–Kier alpha value is -0.480. The van der Waals surface area contributed by atoms with Gasteiger partial charge in [-0.2, -0.15) is 0 Å². The van der Waals surface area contributed by atoms with E-state index in [0.717, 1.165) is 0 Å². The van der Waals surface area contributed by atoms with Crippen molar-refractivity contribution in [2.75, 3.05) is 32.9 Å². The van der Waals surface area contributed by atoms with E-state index < -0.39 is 54.9 Å². The summed E-state index contributed by atoms with van der Waals surface area (Å²) in [6, 6.07) is -1.66. The molecule has 2 fully saturated rings. The van der Waals surface area contributed by atoms with E-state index >= 15 is 0 Å². The molecule has 0 bridgehead atoms. The summed E-state index contributed by atoms with van der Waals surface area (Å²) in [6.07, 6.45) is -4.63. The number of aliphatic hydroxyl groups is 6. The Balaban J connectivity index is 1.88. The number of nitrogens with two attached hydrogens (primary N) is 2. The Bertz CT molecular complexity index is 477. The minimum atomic E-state index is -1.12. The molecule has 30 heavy (non-hydrogen) atoms. The maximum Gasteiger partial charge on any atom is 0.161 e. The van der Waals surface area contributed by atoms with Gasteiger partial charge in [0.05, 0.1) is 38.1 Å². The van der Waals surface area contributed by atoms with E-state index in [1.807, 2.05) is 0 Å². The zero-order valence-electron chi connectivity index (χ0n) is 17.1. The summed E-state index contributed by atoms with van der Waals surface area (Å²) >= 11 is 0. The lowest BCUT2D eigenvalue weighted by molar-refractivity contribution is -0.276. The van der Waals surface area contributed by atoms with Gasteiger partial charge in [0.1, 0.15) is 18.3 Å². The fourth-order valence-electron chi connectivity index (χ4n) is 3.92. The molecule has 0 spiro atoms. The SMILES string of the molecule is NC(CO)CNCC1O[C@H](O[C@@H]2C(N)CC(NC(CO)CO)CC2O)CC(O)[C@@H]1O. The molecule has 12 heteroatoms. The van der Waals surface area contributed by atoms with Crippen LogP contribution < -0.4 is 22.1 Å². The summed E-state index contributed by atoms with van der Waals surface area (Å²) in [7, 11) is 0. The van der Waals surface area contributed by atoms with Gasteiger partial charge in [0, 0.05) is 37.6 Å². The lowest BCUT2D eigenvalue weighted by Crippen LogP contribution is -2.60. The first-order valence-electron chi connectivity index (χ1n) is 10.4. The molecule has 2 aliphatic rings. The molecule has 178 valence electrons. The van der Waals surface area contributed by atoms with Crippen LogP contribution in [0.5, 0.6) is 0 Å². The quantitative estimate of drug-likeness (QED) is 0.147. The van der Waals surface area contributed by atoms with E-state index in [-0.39, 0.29) is 38.8 Å². The predicted octanol–water partition coefficient (Wildman–Crippen LogP) is -5.09. The number of aliphatic hydroxyl groups excluding tert-OH is 6. The summed E-state index contributed by atoms with van der Waals surface area (Å²) in [6.45, 7) is -0.130. The molecular weight excluding hydrogens is 400 g/mol. The van der Waals surface area contributed by atoms with Crippen molar-refractivity contribution in [3.63, 3.8) is 0 Å². The number of nitrogens with one attached hydrogen (secondary N) is 2. The van der Waals surface area contributed by atoms with Crippen LogP contribution in [-0.2, 0) is 9.47 Å². The molecule has 1 saturated carbocycles. The van der Waals surface area contributed by atoms with Crippen LogP contribution in [0.2, 0.25) is 0 Å². The second kappa shape index (κ2) is 12.5. The van der Waals surface area contributed by atoms with Crippen LogP contribution in [0.25, 0.3) is 0 Å². The first-order valence-corrected chi connectivity index (χ1v) is 10.4. The van der Waals surface area contributed by atoms with Crippen LogP contribution in [0, 0.1) is 0 Å². The molecule has 9 atom stereocenters. The van der Waals surface area contributed by atoms with E-state index in [1.165, 1.54) is 0 Å². The second-order valence-corrected chi connectivity index (χ2v) is 8.23. The highest BCUT2D eigenvalue weighted by molar-refractivity contribution is 4.95. The molecule has 0 aromatic rings. The van der Waals surface area contributed by atoms with E-state index in [1.54, 1.807) is 0 Å². The highest BCUT2D eigenvalue weighted by atomic mass is 16.7. The highest BCUT2D eigenvalue weighted by Gasteiger charge is 2.42. The van der Waals surface area contributed by atoms with Crippen molar-refractivity contribution in [3.05, 3.63) is 0 Å². The summed E-state index contributed by atoms with van der Waals surface area (Å²) in [4.78, 5) is 0. The lowest BCUT2D eigenvalue weighted by Gasteiger charge is -2.43. The van der Waals surface area contributed by atoms with E-state index in [9.17, 15) is 25.5 Å². The molecule has 1 aliphatic carbocycles. The summed E-state index contributed by atoms with van der Waals surface area (Å²) < 4.78 is 11.6. The van der Waals surface area contributed by atoms with E-state index in [4.69, 9.17) is 26.0 Å². The molecule has 12 N–H and O–H groups in total. The Kier molecular flexibility index (Phi) is 10.8. The predicted molar refractivity (Wildman–Crippen MR) is 106 cm³/mol. The molecule has 1 saturated heterocycles. The molecule has 0 aromatic heterocycles. The standard InChI is InChI=1S/C18H38N4O8/c19-9(6-23)4-21-5-15-17(28)13(26)3-16(29-15)30-18-12(20)1-10(2-14(18)27)22-11(7-24)8-25/h9-18,21-28H,1-8,19-20H2/t9?,10?,12?,13?,14?,15?,16-,17+,18-/m1/s1. The van der Waals surface area contributed by atoms with Gasteiger partial charge < -0.3 is 62.2 Å². The van der Waals surface area contributed by atoms with E-state index in [2.05, 4.69) is 10.6 Å². The molecular formula is C18H38N4O8. The molecule has 0 radical (unpaired) electrons. The van der Waals surface area contributed by atoms with Crippen LogP contribution in [0.15, 0.2) is 0 Å². The number of ether oxygens (including phenoxy) is 2. The maximum absolute atomic E-state index is 10.5. The third-order valence-corrected chi connectivity index (χ3v) is 5.63. The average molecular weight is 439 g/mol. The average Bonchev–Trinajstić information content (AvgIpc) is 2.72. The molecule has 6 unspecified atom stereocenters. The van der Waals surface area contributed by atoms with Gasteiger partial charge in [-0.15, -0.1) is 0 Å². The van der Waals surface area contributed by atoms with Crippen molar-refractivity contribution >= 4 is 0 Å². The van der Waals surface area contributed by atoms with Gasteiger partial charge in [-0.25, -0.2) is 0 Å². The molecule has 0 amide bonds. The Morgan fingerprint density at radius 2 is 1.70 bits per heavy atom. The van der Waals surface area contributed by atoms with Gasteiger partial charge in [0.15, 0.2) is 6.29 Å². The fraction of sp³-hybridized carbons (Fsp3) is 1.00. The zero-order valence-corrected chi connectivity index (χ0v) is 17.1. The number of hydrogen-bond acceptors (Lipinski definition) is 12. The monoisotopic (exact) mass is 438 g/mol. The van der Waals surface area contributed by atoms with Gasteiger partial charge in [-0.05, 0) is 12.8 Å². The van der Waals surface area contributed by atoms with Crippen LogP contribution in [0.4, 0.5) is 0 Å². The normalized spacial score (nSPS) is 38.7. The second-order valence-electron chi connectivity index (χ2n) is 8.23. The Morgan fingerprint density at radius 3 is 2.30 bits per heavy atom. The maximum atomic E-state index is 10.5. The Labute approximate surface area is 176 Å². The van der Waals surface area contributed by atoms with Gasteiger partial charge in [-0.1, -0.05) is 0 Å². The van der Waals surface area contributed by atoms with Gasteiger partial charge >= 0.3 is 0 Å². The third kappa shape index (κ3) is 7.29. The molecule has 0 aromatic carbocycles. The zero-order chi connectivity index (χ0) is 22.3. The third-order valence-electron chi connectivity index (χ3n) is 5.63. The molecule has 2 rings (SSSR count). The highest BCUT2D eigenvalue weighted by Crippen LogP contribution is 2.27. The molecule has 1 heterocycles. The van der Waals surface area contributed by atoms with Gasteiger partial charge in [0.2, 0.25) is 0 Å². The summed E-state index contributed by atoms with van der Waals surface area (Å²) in [5.41, 5.74) is 11.8. The summed E-state index contributed by atoms with van der Waals surface area (Å²) in [5, 5.41) is 64.3. The number of hydrogen-bond donors (Lipinski definition) is 10. The van der Waals surface area contributed by atoms with Gasteiger partial charge in [-0.3, -0.25) is 0 Å². The van der Waals surface area contributed by atoms with Crippen molar-refractivity contribution < 1.29 is 40.1 Å². The first-order chi connectivity index (χ1) is 14.3. The van der Waals surface area contributed by atoms with Gasteiger partial charge in [0.25, 0.3) is 0 Å².